The third-order valence-electron chi connectivity index (χ3n) is 7.05. The van der Waals surface area contributed by atoms with Crippen molar-refractivity contribution in [3.8, 4) is 5.75 Å². The van der Waals surface area contributed by atoms with Gasteiger partial charge < -0.3 is 15.4 Å². The molecule has 8 nitrogen and oxygen atoms in total. The predicted octanol–water partition coefficient (Wildman–Crippen LogP) is 5.95. The Kier molecular flexibility index (Phi) is 10.8. The maximum atomic E-state index is 14.4. The largest absolute Gasteiger partial charge is 0.494 e. The Morgan fingerprint density at radius 1 is 1.00 bits per heavy atom. The van der Waals surface area contributed by atoms with Crippen LogP contribution in [0.5, 0.6) is 5.75 Å². The van der Waals surface area contributed by atoms with Crippen molar-refractivity contribution in [1.82, 2.24) is 10.3 Å². The van der Waals surface area contributed by atoms with Crippen LogP contribution in [0.4, 0.5) is 15.9 Å². The van der Waals surface area contributed by atoms with Gasteiger partial charge in [0.15, 0.2) is 0 Å². The quantitative estimate of drug-likeness (QED) is 0.285. The first kappa shape index (κ1) is 29.7. The van der Waals surface area contributed by atoms with E-state index in [4.69, 9.17) is 4.74 Å². The molecule has 3 aromatic rings. The van der Waals surface area contributed by atoms with Crippen molar-refractivity contribution in [2.24, 2.45) is 0 Å². The number of halogens is 1. The molecule has 1 fully saturated rings. The van der Waals surface area contributed by atoms with E-state index < -0.39 is 11.9 Å². The van der Waals surface area contributed by atoms with Crippen LogP contribution in [0.25, 0.3) is 0 Å². The van der Waals surface area contributed by atoms with Gasteiger partial charge in [0, 0.05) is 30.8 Å². The number of nitrogens with one attached hydrogen (secondary N) is 2. The van der Waals surface area contributed by atoms with Crippen molar-refractivity contribution in [2.45, 2.75) is 70.4 Å². The first-order valence-electron chi connectivity index (χ1n) is 14.3. The van der Waals surface area contributed by atoms with Gasteiger partial charge in [0.2, 0.25) is 17.7 Å². The van der Waals surface area contributed by atoms with E-state index in [0.29, 0.717) is 23.7 Å². The highest BCUT2D eigenvalue weighted by molar-refractivity contribution is 6.01. The minimum atomic E-state index is -1.04. The van der Waals surface area contributed by atoms with E-state index in [1.54, 1.807) is 54.7 Å². The normalized spacial score (nSPS) is 14.1. The summed E-state index contributed by atoms with van der Waals surface area (Å²) >= 11 is 0. The van der Waals surface area contributed by atoms with Gasteiger partial charge in [-0.3, -0.25) is 19.3 Å². The molecule has 0 spiro atoms. The summed E-state index contributed by atoms with van der Waals surface area (Å²) in [6.07, 6.45) is 6.84. The van der Waals surface area contributed by atoms with Crippen LogP contribution in [0.1, 0.15) is 69.9 Å². The van der Waals surface area contributed by atoms with Gasteiger partial charge in [0.25, 0.3) is 0 Å². The second-order valence-corrected chi connectivity index (χ2v) is 10.1. The SMILES string of the molecule is CCOc1ccc([C@H](C(=O)NC2CCCCC2)N(C(=O)CCCC(=O)Nc2ccccn2)c2cccc(F)c2)cc1. The van der Waals surface area contributed by atoms with E-state index in [2.05, 4.69) is 15.6 Å². The summed E-state index contributed by atoms with van der Waals surface area (Å²) in [4.78, 5) is 45.6. The number of aromatic nitrogens is 1. The summed E-state index contributed by atoms with van der Waals surface area (Å²) in [5.41, 5.74) is 0.845. The first-order chi connectivity index (χ1) is 19.9. The number of hydrogen-bond donors (Lipinski definition) is 2. The molecule has 9 heteroatoms. The van der Waals surface area contributed by atoms with Gasteiger partial charge in [-0.25, -0.2) is 9.37 Å². The molecule has 0 unspecified atom stereocenters. The maximum absolute atomic E-state index is 14.4. The van der Waals surface area contributed by atoms with Gasteiger partial charge >= 0.3 is 0 Å². The number of pyridine rings is 1. The lowest BCUT2D eigenvalue weighted by molar-refractivity contribution is -0.127. The smallest absolute Gasteiger partial charge is 0.248 e. The molecule has 1 saturated carbocycles. The average molecular weight is 561 g/mol. The number of amides is 3. The molecule has 1 heterocycles. The first-order valence-corrected chi connectivity index (χ1v) is 14.3. The van der Waals surface area contributed by atoms with Crippen LogP contribution in [0.3, 0.4) is 0 Å². The number of hydrogen-bond acceptors (Lipinski definition) is 5. The molecule has 2 aromatic carbocycles. The molecule has 0 saturated heterocycles. The standard InChI is InChI=1S/C32H37FN4O4/c1-2-41-27-19-17-23(18-20-27)31(32(40)35-25-11-4-3-5-12-25)37(26-13-8-10-24(33)22-26)30(39)16-9-15-29(38)36-28-14-6-7-21-34-28/h6-8,10,13-14,17-22,25,31H,2-5,9,11-12,15-16H2,1H3,(H,35,40)(H,34,36,38)/t31-/m1/s1. The third-order valence-corrected chi connectivity index (χ3v) is 7.05. The van der Waals surface area contributed by atoms with Crippen LogP contribution >= 0.6 is 0 Å². The van der Waals surface area contributed by atoms with Crippen molar-refractivity contribution >= 4 is 29.2 Å². The van der Waals surface area contributed by atoms with E-state index in [9.17, 15) is 18.8 Å². The minimum Gasteiger partial charge on any atom is -0.494 e. The van der Waals surface area contributed by atoms with E-state index in [1.165, 1.54) is 23.1 Å². The number of nitrogens with zero attached hydrogens (tertiary/aromatic N) is 2. The fourth-order valence-corrected chi connectivity index (χ4v) is 5.08. The minimum absolute atomic E-state index is 0.0150. The molecular weight excluding hydrogens is 523 g/mol. The van der Waals surface area contributed by atoms with Crippen LogP contribution in [0.2, 0.25) is 0 Å². The Hall–Kier alpha value is -4.27. The number of rotatable bonds is 12. The number of benzene rings is 2. The topological polar surface area (TPSA) is 101 Å². The summed E-state index contributed by atoms with van der Waals surface area (Å²) in [5.74, 6) is -0.434. The molecule has 3 amide bonds. The zero-order valence-corrected chi connectivity index (χ0v) is 23.4. The summed E-state index contributed by atoms with van der Waals surface area (Å²) in [7, 11) is 0. The highest BCUT2D eigenvalue weighted by atomic mass is 19.1. The molecular formula is C32H37FN4O4. The number of ether oxygens (including phenoxy) is 1. The molecule has 216 valence electrons. The van der Waals surface area contributed by atoms with Gasteiger partial charge in [-0.05, 0) is 74.2 Å². The summed E-state index contributed by atoms with van der Waals surface area (Å²) < 4.78 is 20.0. The summed E-state index contributed by atoms with van der Waals surface area (Å²) in [5, 5.41) is 5.86. The molecule has 0 radical (unpaired) electrons. The lowest BCUT2D eigenvalue weighted by Gasteiger charge is -2.33. The van der Waals surface area contributed by atoms with Crippen LogP contribution in [-0.2, 0) is 14.4 Å². The lowest BCUT2D eigenvalue weighted by Crippen LogP contribution is -2.47. The highest BCUT2D eigenvalue weighted by Gasteiger charge is 2.34. The zero-order chi connectivity index (χ0) is 29.0. The van der Waals surface area contributed by atoms with Crippen molar-refractivity contribution in [2.75, 3.05) is 16.8 Å². The molecule has 0 bridgehead atoms. The fraction of sp³-hybridized carbons (Fsp3) is 0.375. The second-order valence-electron chi connectivity index (χ2n) is 10.1. The number of anilines is 2. The molecule has 0 aliphatic heterocycles. The Bertz CT molecular complexity index is 1300. The Balaban J connectivity index is 1.59. The zero-order valence-electron chi connectivity index (χ0n) is 23.4. The van der Waals surface area contributed by atoms with Crippen molar-refractivity contribution < 1.29 is 23.5 Å². The van der Waals surface area contributed by atoms with Gasteiger partial charge in [-0.1, -0.05) is 43.5 Å². The molecule has 4 rings (SSSR count). The summed E-state index contributed by atoms with van der Waals surface area (Å²) in [6.45, 7) is 2.38. The Morgan fingerprint density at radius 3 is 2.46 bits per heavy atom. The molecule has 1 aromatic heterocycles. The third kappa shape index (κ3) is 8.61. The lowest BCUT2D eigenvalue weighted by atomic mass is 9.94. The molecule has 2 N–H and O–H groups in total. The van der Waals surface area contributed by atoms with Gasteiger partial charge in [0.05, 0.1) is 6.61 Å². The van der Waals surface area contributed by atoms with Crippen LogP contribution in [-0.4, -0.2) is 35.4 Å². The Labute approximate surface area is 240 Å². The maximum Gasteiger partial charge on any atom is 0.248 e. The van der Waals surface area contributed by atoms with E-state index in [1.807, 2.05) is 6.92 Å². The monoisotopic (exact) mass is 560 g/mol. The average Bonchev–Trinajstić information content (AvgIpc) is 2.97. The Morgan fingerprint density at radius 2 is 1.78 bits per heavy atom. The number of carbonyl (C=O) groups excluding carboxylic acids is 3. The van der Waals surface area contributed by atoms with Gasteiger partial charge in [-0.2, -0.15) is 0 Å². The van der Waals surface area contributed by atoms with E-state index >= 15 is 0 Å². The van der Waals surface area contributed by atoms with Crippen molar-refractivity contribution in [3.63, 3.8) is 0 Å². The molecule has 41 heavy (non-hydrogen) atoms. The molecule has 1 aliphatic rings. The molecule has 1 aliphatic carbocycles. The van der Waals surface area contributed by atoms with Crippen LogP contribution < -0.4 is 20.3 Å². The second kappa shape index (κ2) is 14.9. The van der Waals surface area contributed by atoms with E-state index in [-0.39, 0.29) is 48.7 Å². The van der Waals surface area contributed by atoms with Gasteiger partial charge in [-0.15, -0.1) is 0 Å². The number of carbonyl (C=O) groups is 3. The fourth-order valence-electron chi connectivity index (χ4n) is 5.08. The molecule has 1 atom stereocenters. The van der Waals surface area contributed by atoms with Crippen molar-refractivity contribution in [3.05, 3.63) is 84.3 Å². The van der Waals surface area contributed by atoms with Crippen molar-refractivity contribution in [1.29, 1.82) is 0 Å². The predicted molar refractivity (Wildman–Crippen MR) is 156 cm³/mol. The van der Waals surface area contributed by atoms with E-state index in [0.717, 1.165) is 32.1 Å². The van der Waals surface area contributed by atoms with Crippen LogP contribution in [0.15, 0.2) is 72.9 Å². The summed E-state index contributed by atoms with van der Waals surface area (Å²) in [6, 6.07) is 16.9. The van der Waals surface area contributed by atoms with Crippen LogP contribution in [0, 0.1) is 5.82 Å². The highest BCUT2D eigenvalue weighted by Crippen LogP contribution is 2.31. The van der Waals surface area contributed by atoms with Gasteiger partial charge in [0.1, 0.15) is 23.4 Å².